The van der Waals surface area contributed by atoms with Crippen molar-refractivity contribution < 1.29 is 4.79 Å². The minimum Gasteiger partial charge on any atom is -0.321 e. The van der Waals surface area contributed by atoms with E-state index in [1.807, 2.05) is 19.1 Å². The number of hydrogen-bond donors (Lipinski definition) is 1. The minimum absolute atomic E-state index is 0.183. The summed E-state index contributed by atoms with van der Waals surface area (Å²) in [6, 6.07) is 10.8. The van der Waals surface area contributed by atoms with Gasteiger partial charge in [0.05, 0.1) is 5.69 Å². The Hall–Kier alpha value is -2.24. The molecule has 3 aromatic rings. The highest BCUT2D eigenvalue weighted by Crippen LogP contribution is 2.28. The van der Waals surface area contributed by atoms with E-state index in [9.17, 15) is 4.79 Å². The van der Waals surface area contributed by atoms with Gasteiger partial charge in [-0.15, -0.1) is 11.3 Å². The first-order valence-electron chi connectivity index (χ1n) is 6.58. The van der Waals surface area contributed by atoms with Crippen LogP contribution in [0.5, 0.6) is 0 Å². The minimum atomic E-state index is -0.183. The summed E-state index contributed by atoms with van der Waals surface area (Å²) < 4.78 is 0. The van der Waals surface area contributed by atoms with Crippen molar-refractivity contribution in [3.05, 3.63) is 64.4 Å². The van der Waals surface area contributed by atoms with Gasteiger partial charge in [0.2, 0.25) is 0 Å². The van der Waals surface area contributed by atoms with Crippen molar-refractivity contribution in [3.63, 3.8) is 0 Å². The number of nitrogens with zero attached hydrogens (tertiary/aromatic N) is 2. The summed E-state index contributed by atoms with van der Waals surface area (Å²) in [6.45, 7) is 1.83. The molecule has 0 aliphatic carbocycles. The average Bonchev–Trinajstić information content (AvgIpc) is 2.90. The van der Waals surface area contributed by atoms with Crippen molar-refractivity contribution in [1.29, 1.82) is 0 Å². The summed E-state index contributed by atoms with van der Waals surface area (Å²) in [6.07, 6.45) is 3.41. The highest BCUT2D eigenvalue weighted by molar-refractivity contribution is 7.17. The van der Waals surface area contributed by atoms with E-state index in [2.05, 4.69) is 15.3 Å². The molecular formula is C16H12ClN3OS. The number of hydrogen-bond acceptors (Lipinski definition) is 4. The summed E-state index contributed by atoms with van der Waals surface area (Å²) in [4.78, 5) is 21.4. The van der Waals surface area contributed by atoms with E-state index in [1.165, 1.54) is 11.3 Å². The van der Waals surface area contributed by atoms with Gasteiger partial charge in [0.1, 0.15) is 9.88 Å². The molecule has 4 nitrogen and oxygen atoms in total. The SMILES string of the molecule is Cc1nc(-c2ccncc2)sc1C(=O)Nc1cccc(Cl)c1. The highest BCUT2D eigenvalue weighted by atomic mass is 35.5. The van der Waals surface area contributed by atoms with Crippen LogP contribution in [0.15, 0.2) is 48.8 Å². The van der Waals surface area contributed by atoms with E-state index < -0.39 is 0 Å². The van der Waals surface area contributed by atoms with Gasteiger partial charge in [-0.3, -0.25) is 9.78 Å². The molecule has 2 aromatic heterocycles. The molecule has 0 aliphatic rings. The molecule has 0 spiro atoms. The summed E-state index contributed by atoms with van der Waals surface area (Å²) in [5.41, 5.74) is 2.32. The molecule has 1 amide bonds. The molecule has 110 valence electrons. The van der Waals surface area contributed by atoms with Crippen LogP contribution in [-0.2, 0) is 0 Å². The molecule has 0 fully saturated rings. The molecule has 0 unspecified atom stereocenters. The summed E-state index contributed by atoms with van der Waals surface area (Å²) in [5.74, 6) is -0.183. The lowest BCUT2D eigenvalue weighted by atomic mass is 10.3. The smallest absolute Gasteiger partial charge is 0.267 e. The van der Waals surface area contributed by atoms with Crippen LogP contribution in [0.3, 0.4) is 0 Å². The first-order chi connectivity index (χ1) is 10.6. The second-order valence-electron chi connectivity index (χ2n) is 4.63. The maximum Gasteiger partial charge on any atom is 0.267 e. The van der Waals surface area contributed by atoms with Gasteiger partial charge < -0.3 is 5.32 Å². The van der Waals surface area contributed by atoms with Crippen LogP contribution >= 0.6 is 22.9 Å². The topological polar surface area (TPSA) is 54.9 Å². The van der Waals surface area contributed by atoms with Crippen molar-refractivity contribution in [2.75, 3.05) is 5.32 Å². The van der Waals surface area contributed by atoms with Crippen LogP contribution in [0.1, 0.15) is 15.4 Å². The number of pyridine rings is 1. The number of rotatable bonds is 3. The maximum atomic E-state index is 12.4. The van der Waals surface area contributed by atoms with Gasteiger partial charge in [0.25, 0.3) is 5.91 Å². The molecule has 1 N–H and O–H groups in total. The van der Waals surface area contributed by atoms with E-state index in [4.69, 9.17) is 11.6 Å². The van der Waals surface area contributed by atoms with E-state index in [0.717, 1.165) is 10.6 Å². The van der Waals surface area contributed by atoms with Gasteiger partial charge in [-0.25, -0.2) is 4.98 Å². The average molecular weight is 330 g/mol. The van der Waals surface area contributed by atoms with Crippen LogP contribution in [0.25, 0.3) is 10.6 Å². The van der Waals surface area contributed by atoms with Crippen molar-refractivity contribution >= 4 is 34.5 Å². The van der Waals surface area contributed by atoms with Crippen LogP contribution in [0.2, 0.25) is 5.02 Å². The lowest BCUT2D eigenvalue weighted by Crippen LogP contribution is -2.11. The number of aromatic nitrogens is 2. The zero-order valence-electron chi connectivity index (χ0n) is 11.7. The van der Waals surface area contributed by atoms with E-state index >= 15 is 0 Å². The Labute approximate surface area is 136 Å². The Morgan fingerprint density at radius 1 is 1.23 bits per heavy atom. The molecule has 0 saturated carbocycles. The number of carbonyl (C=O) groups is 1. The number of anilines is 1. The number of carbonyl (C=O) groups excluding carboxylic acids is 1. The third kappa shape index (κ3) is 3.16. The summed E-state index contributed by atoms with van der Waals surface area (Å²) in [5, 5.41) is 4.22. The normalized spacial score (nSPS) is 10.5. The van der Waals surface area contributed by atoms with Gasteiger partial charge in [-0.1, -0.05) is 17.7 Å². The summed E-state index contributed by atoms with van der Waals surface area (Å²) >= 11 is 7.28. The molecular weight excluding hydrogens is 318 g/mol. The number of benzene rings is 1. The Kier molecular flexibility index (Phi) is 4.18. The maximum absolute atomic E-state index is 12.4. The third-order valence-electron chi connectivity index (χ3n) is 3.01. The standard InChI is InChI=1S/C16H12ClN3OS/c1-10-14(15(21)20-13-4-2-3-12(17)9-13)22-16(19-10)11-5-7-18-8-6-11/h2-9H,1H3,(H,20,21). The molecule has 3 rings (SSSR count). The predicted octanol–water partition coefficient (Wildman–Crippen LogP) is 4.42. The van der Waals surface area contributed by atoms with Gasteiger partial charge in [-0.05, 0) is 37.3 Å². The summed E-state index contributed by atoms with van der Waals surface area (Å²) in [7, 11) is 0. The zero-order chi connectivity index (χ0) is 15.5. The quantitative estimate of drug-likeness (QED) is 0.774. The highest BCUT2D eigenvalue weighted by Gasteiger charge is 2.16. The Bertz CT molecular complexity index is 817. The largest absolute Gasteiger partial charge is 0.321 e. The van der Waals surface area contributed by atoms with Crippen LogP contribution in [0, 0.1) is 6.92 Å². The molecule has 2 heterocycles. The Balaban J connectivity index is 1.86. The number of amides is 1. The number of thiazole rings is 1. The number of halogens is 1. The van der Waals surface area contributed by atoms with Gasteiger partial charge >= 0.3 is 0 Å². The third-order valence-corrected chi connectivity index (χ3v) is 4.45. The second kappa shape index (κ2) is 6.25. The van der Waals surface area contributed by atoms with E-state index in [1.54, 1.807) is 36.7 Å². The fraction of sp³-hybridized carbons (Fsp3) is 0.0625. The van der Waals surface area contributed by atoms with Crippen molar-refractivity contribution in [2.24, 2.45) is 0 Å². The fourth-order valence-corrected chi connectivity index (χ4v) is 3.14. The first kappa shape index (κ1) is 14.7. The first-order valence-corrected chi connectivity index (χ1v) is 7.77. The zero-order valence-corrected chi connectivity index (χ0v) is 13.3. The lowest BCUT2D eigenvalue weighted by Gasteiger charge is -2.04. The van der Waals surface area contributed by atoms with Gasteiger partial charge in [0, 0.05) is 28.7 Å². The van der Waals surface area contributed by atoms with Crippen molar-refractivity contribution in [3.8, 4) is 10.6 Å². The molecule has 0 saturated heterocycles. The van der Waals surface area contributed by atoms with Gasteiger partial charge in [-0.2, -0.15) is 0 Å². The monoisotopic (exact) mass is 329 g/mol. The number of aryl methyl sites for hydroxylation is 1. The fourth-order valence-electron chi connectivity index (χ4n) is 1.98. The van der Waals surface area contributed by atoms with Gasteiger partial charge in [0.15, 0.2) is 0 Å². The number of nitrogens with one attached hydrogen (secondary N) is 1. The molecule has 1 aromatic carbocycles. The predicted molar refractivity (Wildman–Crippen MR) is 89.5 cm³/mol. The Morgan fingerprint density at radius 3 is 2.73 bits per heavy atom. The van der Waals surface area contributed by atoms with Crippen LogP contribution < -0.4 is 5.32 Å². The molecule has 0 bridgehead atoms. The second-order valence-corrected chi connectivity index (χ2v) is 6.07. The molecule has 0 radical (unpaired) electrons. The Morgan fingerprint density at radius 2 is 2.00 bits per heavy atom. The molecule has 22 heavy (non-hydrogen) atoms. The van der Waals surface area contributed by atoms with Crippen LogP contribution in [-0.4, -0.2) is 15.9 Å². The van der Waals surface area contributed by atoms with Crippen molar-refractivity contribution in [1.82, 2.24) is 9.97 Å². The molecule has 0 aliphatic heterocycles. The molecule has 6 heteroatoms. The van der Waals surface area contributed by atoms with Crippen molar-refractivity contribution in [2.45, 2.75) is 6.92 Å². The van der Waals surface area contributed by atoms with E-state index in [-0.39, 0.29) is 5.91 Å². The van der Waals surface area contributed by atoms with Crippen LogP contribution in [0.4, 0.5) is 5.69 Å². The molecule has 0 atom stereocenters. The van der Waals surface area contributed by atoms with E-state index in [0.29, 0.717) is 21.3 Å². The lowest BCUT2D eigenvalue weighted by molar-refractivity contribution is 0.103.